The minimum Gasteiger partial charge on any atom is -0.337 e. The van der Waals surface area contributed by atoms with Crippen LogP contribution in [0.25, 0.3) is 11.3 Å². The molecule has 1 unspecified atom stereocenters. The van der Waals surface area contributed by atoms with Gasteiger partial charge in [-0.15, -0.1) is 0 Å². The van der Waals surface area contributed by atoms with E-state index in [2.05, 4.69) is 35.9 Å². The van der Waals surface area contributed by atoms with Crippen LogP contribution in [0.1, 0.15) is 41.6 Å². The number of aryl methyl sites for hydroxylation is 2. The van der Waals surface area contributed by atoms with Gasteiger partial charge >= 0.3 is 0 Å². The Bertz CT molecular complexity index is 787. The number of carbonyl (C=O) groups excluding carboxylic acids is 1. The molecule has 2 aromatic rings. The largest absolute Gasteiger partial charge is 0.337 e. The summed E-state index contributed by atoms with van der Waals surface area (Å²) in [5.74, 6) is 0.975. The maximum Gasteiger partial charge on any atom is 0.253 e. The van der Waals surface area contributed by atoms with E-state index in [1.807, 2.05) is 42.2 Å². The molecule has 0 aliphatic carbocycles. The minimum absolute atomic E-state index is 0.107. The number of likely N-dealkylation sites (N-methyl/N-ethyl adjacent to an activating group) is 1. The number of aromatic nitrogens is 2. The van der Waals surface area contributed by atoms with Crippen LogP contribution in [0.5, 0.6) is 0 Å². The number of rotatable bonds is 5. The van der Waals surface area contributed by atoms with Crippen LogP contribution < -0.4 is 0 Å². The molecule has 1 amide bonds. The molecule has 5 heteroatoms. The molecule has 138 valence electrons. The highest BCUT2D eigenvalue weighted by Crippen LogP contribution is 2.22. The number of likely N-dealkylation sites (tertiary alicyclic amines) is 1. The van der Waals surface area contributed by atoms with Gasteiger partial charge in [0.15, 0.2) is 0 Å². The molecule has 0 radical (unpaired) electrons. The van der Waals surface area contributed by atoms with E-state index in [0.717, 1.165) is 60.7 Å². The molecule has 5 nitrogen and oxygen atoms in total. The third-order valence-corrected chi connectivity index (χ3v) is 4.96. The Balaban J connectivity index is 1.84. The lowest BCUT2D eigenvalue weighted by Crippen LogP contribution is -2.34. The van der Waals surface area contributed by atoms with Crippen molar-refractivity contribution < 1.29 is 4.79 Å². The van der Waals surface area contributed by atoms with Crippen LogP contribution in [-0.2, 0) is 6.42 Å². The summed E-state index contributed by atoms with van der Waals surface area (Å²) in [6, 6.07) is 10.3. The zero-order valence-corrected chi connectivity index (χ0v) is 16.2. The van der Waals surface area contributed by atoms with Gasteiger partial charge < -0.3 is 9.80 Å². The van der Waals surface area contributed by atoms with Gasteiger partial charge in [0.05, 0.1) is 5.69 Å². The Morgan fingerprint density at radius 1 is 1.27 bits per heavy atom. The minimum atomic E-state index is 0.107. The van der Waals surface area contributed by atoms with Crippen LogP contribution in [0.2, 0.25) is 0 Å². The summed E-state index contributed by atoms with van der Waals surface area (Å²) in [5, 5.41) is 0. The summed E-state index contributed by atoms with van der Waals surface area (Å²) in [6.07, 6.45) is 2.92. The summed E-state index contributed by atoms with van der Waals surface area (Å²) >= 11 is 0. The summed E-state index contributed by atoms with van der Waals surface area (Å²) in [7, 11) is 4.15. The van der Waals surface area contributed by atoms with E-state index in [0.29, 0.717) is 6.04 Å². The topological polar surface area (TPSA) is 49.3 Å². The van der Waals surface area contributed by atoms with E-state index < -0.39 is 0 Å². The van der Waals surface area contributed by atoms with Crippen molar-refractivity contribution in [3.05, 3.63) is 47.4 Å². The van der Waals surface area contributed by atoms with E-state index in [9.17, 15) is 4.79 Å². The van der Waals surface area contributed by atoms with Crippen molar-refractivity contribution in [3.8, 4) is 11.3 Å². The second kappa shape index (κ2) is 7.96. The third-order valence-electron chi connectivity index (χ3n) is 4.96. The van der Waals surface area contributed by atoms with Gasteiger partial charge in [0.25, 0.3) is 5.91 Å². The van der Waals surface area contributed by atoms with Crippen LogP contribution in [0, 0.1) is 6.92 Å². The first-order valence-electron chi connectivity index (χ1n) is 9.38. The molecule has 3 rings (SSSR count). The smallest absolute Gasteiger partial charge is 0.253 e. The molecule has 1 saturated heterocycles. The van der Waals surface area contributed by atoms with E-state index in [4.69, 9.17) is 0 Å². The summed E-state index contributed by atoms with van der Waals surface area (Å²) < 4.78 is 0. The quantitative estimate of drug-likeness (QED) is 0.829. The average Bonchev–Trinajstić information content (AvgIpc) is 3.11. The first kappa shape index (κ1) is 18.5. The second-order valence-corrected chi connectivity index (χ2v) is 7.30. The Hall–Kier alpha value is -2.27. The summed E-state index contributed by atoms with van der Waals surface area (Å²) in [6.45, 7) is 5.73. The van der Waals surface area contributed by atoms with Crippen LogP contribution in [0.15, 0.2) is 30.3 Å². The maximum atomic E-state index is 12.9. The number of hydrogen-bond acceptors (Lipinski definition) is 4. The monoisotopic (exact) mass is 352 g/mol. The average molecular weight is 352 g/mol. The van der Waals surface area contributed by atoms with Gasteiger partial charge in [0.1, 0.15) is 5.82 Å². The lowest BCUT2D eigenvalue weighted by molar-refractivity contribution is 0.0783. The molecule has 0 spiro atoms. The fourth-order valence-corrected chi connectivity index (χ4v) is 3.46. The van der Waals surface area contributed by atoms with Gasteiger partial charge in [-0.1, -0.05) is 19.1 Å². The predicted octanol–water partition coefficient (Wildman–Crippen LogP) is 3.18. The molecule has 1 aliphatic rings. The highest BCUT2D eigenvalue weighted by Gasteiger charge is 2.28. The summed E-state index contributed by atoms with van der Waals surface area (Å²) in [5.41, 5.74) is 3.56. The van der Waals surface area contributed by atoms with Crippen molar-refractivity contribution in [1.29, 1.82) is 0 Å². The molecule has 1 aliphatic heterocycles. The van der Waals surface area contributed by atoms with Crippen molar-refractivity contribution in [1.82, 2.24) is 19.8 Å². The SMILES string of the molecule is CCCc1nc(C)cc(-c2cccc(C(=O)N3CCC(N(C)C)C3)c2)n1. The van der Waals surface area contributed by atoms with Crippen LogP contribution in [0.3, 0.4) is 0 Å². The van der Waals surface area contributed by atoms with Crippen molar-refractivity contribution in [2.24, 2.45) is 0 Å². The van der Waals surface area contributed by atoms with E-state index in [1.54, 1.807) is 0 Å². The van der Waals surface area contributed by atoms with Crippen LogP contribution in [0.4, 0.5) is 0 Å². The third kappa shape index (κ3) is 4.10. The van der Waals surface area contributed by atoms with Crippen molar-refractivity contribution in [3.63, 3.8) is 0 Å². The van der Waals surface area contributed by atoms with Crippen molar-refractivity contribution in [2.75, 3.05) is 27.2 Å². The zero-order valence-electron chi connectivity index (χ0n) is 16.2. The lowest BCUT2D eigenvalue weighted by atomic mass is 10.1. The lowest BCUT2D eigenvalue weighted by Gasteiger charge is -2.20. The Morgan fingerprint density at radius 2 is 2.08 bits per heavy atom. The predicted molar refractivity (Wildman–Crippen MR) is 104 cm³/mol. The molecular formula is C21H28N4O. The molecule has 0 saturated carbocycles. The Labute approximate surface area is 156 Å². The van der Waals surface area contributed by atoms with E-state index >= 15 is 0 Å². The number of nitrogens with zero attached hydrogens (tertiary/aromatic N) is 4. The number of carbonyl (C=O) groups is 1. The van der Waals surface area contributed by atoms with Gasteiger partial charge in [-0.05, 0) is 52.1 Å². The molecule has 2 heterocycles. The normalized spacial score (nSPS) is 17.1. The fourth-order valence-electron chi connectivity index (χ4n) is 3.46. The van der Waals surface area contributed by atoms with Gasteiger partial charge in [0, 0.05) is 42.4 Å². The maximum absolute atomic E-state index is 12.9. The van der Waals surface area contributed by atoms with Crippen molar-refractivity contribution in [2.45, 2.75) is 39.2 Å². The molecule has 26 heavy (non-hydrogen) atoms. The van der Waals surface area contributed by atoms with Gasteiger partial charge in [-0.25, -0.2) is 9.97 Å². The second-order valence-electron chi connectivity index (χ2n) is 7.30. The van der Waals surface area contributed by atoms with Gasteiger partial charge in [0.2, 0.25) is 0 Å². The first-order valence-corrected chi connectivity index (χ1v) is 9.38. The van der Waals surface area contributed by atoms with E-state index in [-0.39, 0.29) is 5.91 Å². The Morgan fingerprint density at radius 3 is 2.77 bits per heavy atom. The van der Waals surface area contributed by atoms with Gasteiger partial charge in [-0.2, -0.15) is 0 Å². The molecular weight excluding hydrogens is 324 g/mol. The highest BCUT2D eigenvalue weighted by molar-refractivity contribution is 5.95. The van der Waals surface area contributed by atoms with E-state index in [1.165, 1.54) is 0 Å². The Kier molecular flexibility index (Phi) is 5.67. The molecule has 0 N–H and O–H groups in total. The van der Waals surface area contributed by atoms with Gasteiger partial charge in [-0.3, -0.25) is 4.79 Å². The fraction of sp³-hybridized carbons (Fsp3) is 0.476. The van der Waals surface area contributed by atoms with Crippen LogP contribution >= 0.6 is 0 Å². The van der Waals surface area contributed by atoms with Crippen LogP contribution in [-0.4, -0.2) is 58.9 Å². The number of hydrogen-bond donors (Lipinski definition) is 0. The molecule has 0 bridgehead atoms. The number of amides is 1. The first-order chi connectivity index (χ1) is 12.5. The summed E-state index contributed by atoms with van der Waals surface area (Å²) in [4.78, 5) is 26.3. The molecule has 1 atom stereocenters. The zero-order chi connectivity index (χ0) is 18.7. The number of benzene rings is 1. The standard InChI is InChI=1S/C21H28N4O/c1-5-7-20-22-15(2)12-19(23-20)16-8-6-9-17(13-16)21(26)25-11-10-18(14-25)24(3)4/h6,8-9,12-13,18H,5,7,10-11,14H2,1-4H3. The van der Waals surface area contributed by atoms with Crippen molar-refractivity contribution >= 4 is 5.91 Å². The highest BCUT2D eigenvalue weighted by atomic mass is 16.2. The molecule has 1 aromatic heterocycles. The molecule has 1 fully saturated rings. The molecule has 1 aromatic carbocycles.